The molecule has 3 atom stereocenters. The maximum Gasteiger partial charge on any atom is 0.408 e. The summed E-state index contributed by atoms with van der Waals surface area (Å²) in [5, 5.41) is 12.4. The number of methoxy groups -OCH3 is 1. The summed E-state index contributed by atoms with van der Waals surface area (Å²) in [7, 11) is 1.23. The molecule has 138 valence electrons. The number of ether oxygens (including phenoxy) is 2. The molecule has 0 aromatic heterocycles. The van der Waals surface area contributed by atoms with Crippen LogP contribution in [-0.2, 0) is 19.1 Å². The standard InChI is InChI=1S/C16H28N2O6/c1-9(2)12(17-15(22)24-16(3,4)5)13(20)18-8-10(19)7-11(18)14(21)23-6/h9-12,19H,7-8H2,1-6H3,(H,17,22)/t10-,11-,12-/m0/s1. The summed E-state index contributed by atoms with van der Waals surface area (Å²) >= 11 is 0. The van der Waals surface area contributed by atoms with Gasteiger partial charge in [0.25, 0.3) is 0 Å². The Balaban J connectivity index is 2.89. The number of β-amino-alcohol motifs (C(OH)–C–C–N with tert-alkyl or cyclic N) is 1. The highest BCUT2D eigenvalue weighted by Crippen LogP contribution is 2.22. The van der Waals surface area contributed by atoms with Crippen LogP contribution < -0.4 is 5.32 Å². The summed E-state index contributed by atoms with van der Waals surface area (Å²) in [5.41, 5.74) is -0.687. The molecular formula is C16H28N2O6. The molecule has 0 bridgehead atoms. The van der Waals surface area contributed by atoms with Gasteiger partial charge in [-0.15, -0.1) is 0 Å². The molecule has 2 amide bonds. The van der Waals surface area contributed by atoms with E-state index in [-0.39, 0.29) is 18.9 Å². The molecule has 24 heavy (non-hydrogen) atoms. The lowest BCUT2D eigenvalue weighted by Crippen LogP contribution is -2.54. The van der Waals surface area contributed by atoms with Crippen molar-refractivity contribution in [2.75, 3.05) is 13.7 Å². The van der Waals surface area contributed by atoms with Gasteiger partial charge >= 0.3 is 12.1 Å². The molecule has 2 N–H and O–H groups in total. The van der Waals surface area contributed by atoms with Crippen LogP contribution in [-0.4, -0.2) is 65.4 Å². The number of hydrogen-bond donors (Lipinski definition) is 2. The van der Waals surface area contributed by atoms with Crippen molar-refractivity contribution in [3.05, 3.63) is 0 Å². The average molecular weight is 344 g/mol. The summed E-state index contributed by atoms with van der Waals surface area (Å²) in [4.78, 5) is 37.9. The van der Waals surface area contributed by atoms with Gasteiger partial charge in [-0.2, -0.15) is 0 Å². The molecule has 1 heterocycles. The van der Waals surface area contributed by atoms with Crippen LogP contribution in [0.15, 0.2) is 0 Å². The second kappa shape index (κ2) is 7.83. The summed E-state index contributed by atoms with van der Waals surface area (Å²) in [6.45, 7) is 8.76. The summed E-state index contributed by atoms with van der Waals surface area (Å²) in [6.07, 6.45) is -1.38. The first-order chi connectivity index (χ1) is 11.0. The van der Waals surface area contributed by atoms with E-state index in [0.717, 1.165) is 0 Å². The second-order valence-corrected chi connectivity index (χ2v) is 7.29. The number of amides is 2. The predicted octanol–water partition coefficient (Wildman–Crippen LogP) is 0.670. The first kappa shape index (κ1) is 20.2. The van der Waals surface area contributed by atoms with Gasteiger partial charge in [-0.3, -0.25) is 4.79 Å². The van der Waals surface area contributed by atoms with E-state index < -0.39 is 41.8 Å². The zero-order chi connectivity index (χ0) is 18.7. The van der Waals surface area contributed by atoms with Crippen molar-refractivity contribution in [1.82, 2.24) is 10.2 Å². The molecule has 8 heteroatoms. The van der Waals surface area contributed by atoms with Gasteiger partial charge < -0.3 is 24.8 Å². The van der Waals surface area contributed by atoms with Crippen molar-refractivity contribution >= 4 is 18.0 Å². The number of rotatable bonds is 4. The molecule has 0 unspecified atom stereocenters. The van der Waals surface area contributed by atoms with Gasteiger partial charge in [0.05, 0.1) is 13.2 Å². The highest BCUT2D eigenvalue weighted by atomic mass is 16.6. The monoisotopic (exact) mass is 344 g/mol. The molecule has 8 nitrogen and oxygen atoms in total. The van der Waals surface area contributed by atoms with Crippen molar-refractivity contribution in [2.24, 2.45) is 5.92 Å². The third-order valence-electron chi connectivity index (χ3n) is 3.64. The lowest BCUT2D eigenvalue weighted by molar-refractivity contribution is -0.152. The molecule has 0 saturated carbocycles. The fraction of sp³-hybridized carbons (Fsp3) is 0.812. The Morgan fingerprint density at radius 1 is 1.25 bits per heavy atom. The van der Waals surface area contributed by atoms with E-state index >= 15 is 0 Å². The van der Waals surface area contributed by atoms with Crippen LogP contribution in [0.25, 0.3) is 0 Å². The van der Waals surface area contributed by atoms with Crippen LogP contribution in [0, 0.1) is 5.92 Å². The number of carbonyl (C=O) groups excluding carboxylic acids is 3. The SMILES string of the molecule is COC(=O)[C@@H]1C[C@H](O)CN1C(=O)[C@@H](NC(=O)OC(C)(C)C)C(C)C. The zero-order valence-corrected chi connectivity index (χ0v) is 15.2. The topological polar surface area (TPSA) is 105 Å². The molecular weight excluding hydrogens is 316 g/mol. The van der Waals surface area contributed by atoms with Crippen LogP contribution in [0.5, 0.6) is 0 Å². The fourth-order valence-electron chi connectivity index (χ4n) is 2.54. The van der Waals surface area contributed by atoms with E-state index in [0.29, 0.717) is 0 Å². The Bertz CT molecular complexity index is 485. The minimum Gasteiger partial charge on any atom is -0.467 e. The van der Waals surface area contributed by atoms with E-state index in [4.69, 9.17) is 9.47 Å². The molecule has 1 rings (SSSR count). The molecule has 0 spiro atoms. The lowest BCUT2D eigenvalue weighted by Gasteiger charge is -2.30. The summed E-state index contributed by atoms with van der Waals surface area (Å²) in [6, 6.07) is -1.71. The molecule has 1 aliphatic heterocycles. The van der Waals surface area contributed by atoms with Gasteiger partial charge in [0.1, 0.15) is 17.7 Å². The van der Waals surface area contributed by atoms with Crippen molar-refractivity contribution in [1.29, 1.82) is 0 Å². The first-order valence-corrected chi connectivity index (χ1v) is 8.02. The Morgan fingerprint density at radius 3 is 2.29 bits per heavy atom. The second-order valence-electron chi connectivity index (χ2n) is 7.29. The third kappa shape index (κ3) is 5.36. The Kier molecular flexibility index (Phi) is 6.59. The van der Waals surface area contributed by atoms with Crippen molar-refractivity contribution in [3.8, 4) is 0 Å². The smallest absolute Gasteiger partial charge is 0.408 e. The van der Waals surface area contributed by atoms with E-state index in [1.807, 2.05) is 0 Å². The van der Waals surface area contributed by atoms with Gasteiger partial charge in [-0.1, -0.05) is 13.8 Å². The molecule has 1 fully saturated rings. The van der Waals surface area contributed by atoms with Crippen molar-refractivity contribution < 1.29 is 29.0 Å². The Hall–Kier alpha value is -1.83. The minimum absolute atomic E-state index is 0.0256. The minimum atomic E-state index is -0.864. The van der Waals surface area contributed by atoms with Gasteiger partial charge in [0, 0.05) is 13.0 Å². The zero-order valence-electron chi connectivity index (χ0n) is 15.2. The molecule has 1 aliphatic rings. The van der Waals surface area contributed by atoms with Crippen molar-refractivity contribution in [2.45, 2.75) is 64.8 Å². The summed E-state index contributed by atoms with van der Waals surface area (Å²) < 4.78 is 9.88. The molecule has 0 radical (unpaired) electrons. The molecule has 1 saturated heterocycles. The highest BCUT2D eigenvalue weighted by molar-refractivity contribution is 5.90. The van der Waals surface area contributed by atoms with E-state index in [1.54, 1.807) is 34.6 Å². The maximum atomic E-state index is 12.8. The fourth-order valence-corrected chi connectivity index (χ4v) is 2.54. The number of aliphatic hydroxyl groups is 1. The number of likely N-dealkylation sites (tertiary alicyclic amines) is 1. The van der Waals surface area contributed by atoms with Gasteiger partial charge in [-0.25, -0.2) is 9.59 Å². The van der Waals surface area contributed by atoms with Crippen LogP contribution in [0.4, 0.5) is 4.79 Å². The first-order valence-electron chi connectivity index (χ1n) is 8.02. The van der Waals surface area contributed by atoms with Crippen LogP contribution in [0.1, 0.15) is 41.0 Å². The highest BCUT2D eigenvalue weighted by Gasteiger charge is 2.43. The van der Waals surface area contributed by atoms with Gasteiger partial charge in [0.2, 0.25) is 5.91 Å². The predicted molar refractivity (Wildman–Crippen MR) is 86.1 cm³/mol. The van der Waals surface area contributed by atoms with Gasteiger partial charge in [-0.05, 0) is 26.7 Å². The number of aliphatic hydroxyl groups excluding tert-OH is 1. The molecule has 0 aliphatic carbocycles. The van der Waals surface area contributed by atoms with Gasteiger partial charge in [0.15, 0.2) is 0 Å². The number of carbonyl (C=O) groups is 3. The lowest BCUT2D eigenvalue weighted by atomic mass is 10.0. The largest absolute Gasteiger partial charge is 0.467 e. The molecule has 0 aromatic rings. The quantitative estimate of drug-likeness (QED) is 0.726. The number of nitrogens with zero attached hydrogens (tertiary/aromatic N) is 1. The normalized spacial score (nSPS) is 22.2. The Labute approximate surface area is 142 Å². The number of nitrogens with one attached hydrogen (secondary N) is 1. The van der Waals surface area contributed by atoms with Crippen LogP contribution in [0.3, 0.4) is 0 Å². The number of hydrogen-bond acceptors (Lipinski definition) is 6. The summed E-state index contributed by atoms with van der Waals surface area (Å²) in [5.74, 6) is -1.25. The number of esters is 1. The maximum absolute atomic E-state index is 12.8. The Morgan fingerprint density at radius 2 is 1.83 bits per heavy atom. The average Bonchev–Trinajstić information content (AvgIpc) is 2.83. The van der Waals surface area contributed by atoms with Crippen molar-refractivity contribution in [3.63, 3.8) is 0 Å². The third-order valence-corrected chi connectivity index (χ3v) is 3.64. The number of alkyl carbamates (subject to hydrolysis) is 1. The van der Waals surface area contributed by atoms with E-state index in [1.165, 1.54) is 12.0 Å². The molecule has 0 aromatic carbocycles. The van der Waals surface area contributed by atoms with E-state index in [9.17, 15) is 19.5 Å². The van der Waals surface area contributed by atoms with Crippen LogP contribution in [0.2, 0.25) is 0 Å². The van der Waals surface area contributed by atoms with E-state index in [2.05, 4.69) is 5.32 Å². The van der Waals surface area contributed by atoms with Crippen LogP contribution >= 0.6 is 0 Å².